The van der Waals surface area contributed by atoms with Gasteiger partial charge in [0, 0.05) is 28.6 Å². The summed E-state index contributed by atoms with van der Waals surface area (Å²) in [5.41, 5.74) is -3.27. The molecular weight excluding hydrogens is 571 g/mol. The number of aromatic nitrogens is 2. The first kappa shape index (κ1) is 30.4. The normalized spacial score (nSPS) is 17.9. The molecule has 2 aromatic heterocycles. The number of hydrogen-bond acceptors (Lipinski definition) is 10. The van der Waals surface area contributed by atoms with Crippen molar-refractivity contribution in [1.29, 1.82) is 0 Å². The molecule has 0 aliphatic carbocycles. The lowest BCUT2D eigenvalue weighted by atomic mass is 9.86. The number of phenolic OH excluding ortho intramolecular Hbond substituents is 1. The maximum atomic E-state index is 13.2. The van der Waals surface area contributed by atoms with Gasteiger partial charge in [-0.3, -0.25) is 8.98 Å². The van der Waals surface area contributed by atoms with E-state index in [0.717, 1.165) is 23.4 Å². The van der Waals surface area contributed by atoms with Crippen molar-refractivity contribution in [2.75, 3.05) is 20.7 Å². The molecule has 2 aliphatic rings. The standard InChI is InChI=1S/C23H23N3O5.C3H5F3O3S/c1-4-23(30)16-8-18-20-12(9-26(18)21(28)15(16)11-31-22(23)29)7-13-14(10-25(2)3)19(27)6-5-17(13)24-20;1-2-9-10(7,8)3(4,5)6/h5-8,27,30H,4,9-11H2,1-3H3;2H2,1H3/t23-;/m0./s1. The minimum Gasteiger partial charge on any atom is -0.508 e. The molecule has 0 bridgehead atoms. The van der Waals surface area contributed by atoms with Crippen LogP contribution in [-0.2, 0) is 49.1 Å². The molecule has 11 nitrogen and oxygen atoms in total. The number of aliphatic hydroxyl groups is 1. The Morgan fingerprint density at radius 2 is 1.88 bits per heavy atom. The van der Waals surface area contributed by atoms with Gasteiger partial charge in [-0.05, 0) is 51.7 Å². The first-order chi connectivity index (χ1) is 19.1. The van der Waals surface area contributed by atoms with Crippen molar-refractivity contribution in [1.82, 2.24) is 14.5 Å². The Balaban J connectivity index is 0.000000334. The fourth-order valence-electron chi connectivity index (χ4n) is 4.80. The molecule has 0 amide bonds. The van der Waals surface area contributed by atoms with Crippen molar-refractivity contribution in [3.8, 4) is 17.1 Å². The van der Waals surface area contributed by atoms with Crippen molar-refractivity contribution < 1.29 is 45.5 Å². The van der Waals surface area contributed by atoms with E-state index in [1.54, 1.807) is 29.7 Å². The predicted octanol–water partition coefficient (Wildman–Crippen LogP) is 2.72. The molecule has 222 valence electrons. The second-order valence-corrected chi connectivity index (χ2v) is 11.4. The number of rotatable bonds is 5. The lowest BCUT2D eigenvalue weighted by Crippen LogP contribution is -2.44. The van der Waals surface area contributed by atoms with Crippen LogP contribution in [0.15, 0.2) is 29.1 Å². The van der Waals surface area contributed by atoms with Crippen LogP contribution in [-0.4, -0.2) is 65.3 Å². The zero-order chi connectivity index (χ0) is 30.5. The van der Waals surface area contributed by atoms with Crippen LogP contribution in [0.2, 0.25) is 0 Å². The summed E-state index contributed by atoms with van der Waals surface area (Å²) in [4.78, 5) is 32.3. The number of benzene rings is 1. The highest BCUT2D eigenvalue weighted by Crippen LogP contribution is 2.39. The molecule has 15 heteroatoms. The molecule has 5 rings (SSSR count). The molecule has 0 saturated heterocycles. The van der Waals surface area contributed by atoms with Crippen LogP contribution < -0.4 is 5.56 Å². The summed E-state index contributed by atoms with van der Waals surface area (Å²) in [6, 6.07) is 7.05. The van der Waals surface area contributed by atoms with Gasteiger partial charge in [-0.25, -0.2) is 9.78 Å². The van der Waals surface area contributed by atoms with Crippen LogP contribution in [0.5, 0.6) is 5.75 Å². The number of fused-ring (bicyclic) bond motifs is 5. The minimum atomic E-state index is -5.35. The predicted molar refractivity (Wildman–Crippen MR) is 140 cm³/mol. The smallest absolute Gasteiger partial charge is 0.508 e. The van der Waals surface area contributed by atoms with Crippen molar-refractivity contribution in [2.45, 2.75) is 51.1 Å². The van der Waals surface area contributed by atoms with E-state index in [9.17, 15) is 41.4 Å². The Morgan fingerprint density at radius 3 is 2.44 bits per heavy atom. The van der Waals surface area contributed by atoms with Crippen molar-refractivity contribution in [3.63, 3.8) is 0 Å². The summed E-state index contributed by atoms with van der Waals surface area (Å²) < 4.78 is 63.9. The van der Waals surface area contributed by atoms with Crippen LogP contribution in [0.3, 0.4) is 0 Å². The molecular formula is C26H28F3N3O8S. The number of alkyl halides is 3. The van der Waals surface area contributed by atoms with Crippen LogP contribution in [0, 0.1) is 0 Å². The van der Waals surface area contributed by atoms with E-state index >= 15 is 0 Å². The second kappa shape index (κ2) is 10.7. The van der Waals surface area contributed by atoms with Crippen LogP contribution in [0.4, 0.5) is 13.2 Å². The zero-order valence-electron chi connectivity index (χ0n) is 22.6. The lowest BCUT2D eigenvalue weighted by Gasteiger charge is -2.31. The van der Waals surface area contributed by atoms with E-state index in [1.807, 2.05) is 25.1 Å². The van der Waals surface area contributed by atoms with E-state index in [-0.39, 0.29) is 24.3 Å². The molecule has 0 unspecified atom stereocenters. The molecule has 41 heavy (non-hydrogen) atoms. The van der Waals surface area contributed by atoms with E-state index in [2.05, 4.69) is 4.18 Å². The number of nitrogens with zero attached hydrogens (tertiary/aromatic N) is 3. The fraction of sp³-hybridized carbons (Fsp3) is 0.423. The molecule has 4 heterocycles. The van der Waals surface area contributed by atoms with Gasteiger partial charge >= 0.3 is 21.6 Å². The number of aromatic hydroxyl groups is 1. The molecule has 0 fully saturated rings. The lowest BCUT2D eigenvalue weighted by molar-refractivity contribution is -0.172. The summed E-state index contributed by atoms with van der Waals surface area (Å²) in [6.45, 7) is 3.05. The number of halogens is 3. The van der Waals surface area contributed by atoms with Crippen LogP contribution >= 0.6 is 0 Å². The minimum absolute atomic E-state index is 0.104. The number of pyridine rings is 2. The van der Waals surface area contributed by atoms with Gasteiger partial charge in [-0.1, -0.05) is 6.92 Å². The number of carbonyl (C=O) groups is 1. The number of hydrogen-bond donors (Lipinski definition) is 2. The molecule has 0 saturated carbocycles. The van der Waals surface area contributed by atoms with Crippen molar-refractivity contribution in [3.05, 3.63) is 56.9 Å². The highest BCUT2D eigenvalue weighted by Gasteiger charge is 2.47. The Labute approximate surface area is 232 Å². The van der Waals surface area contributed by atoms with Gasteiger partial charge < -0.3 is 24.4 Å². The number of carbonyl (C=O) groups excluding carboxylic acids is 1. The SMILES string of the molecule is CCOS(=O)(=O)C(F)(F)F.CC[C@@]1(O)C(=O)OCc2c1cc1n(c2=O)Cc2cc3c(CN(C)C)c(O)ccc3nc2-1. The van der Waals surface area contributed by atoms with Gasteiger partial charge in [0.15, 0.2) is 5.60 Å². The average molecular weight is 600 g/mol. The van der Waals surface area contributed by atoms with Gasteiger partial charge in [-0.15, -0.1) is 0 Å². The Morgan fingerprint density at radius 1 is 1.20 bits per heavy atom. The van der Waals surface area contributed by atoms with E-state index in [1.165, 1.54) is 0 Å². The third-order valence-electron chi connectivity index (χ3n) is 6.81. The Kier molecular flexibility index (Phi) is 7.94. The Bertz CT molecular complexity index is 1700. The summed E-state index contributed by atoms with van der Waals surface area (Å²) in [5, 5.41) is 22.2. The summed E-state index contributed by atoms with van der Waals surface area (Å²) in [6.07, 6.45) is 0.104. The van der Waals surface area contributed by atoms with Gasteiger partial charge in [0.25, 0.3) is 5.56 Å². The number of phenols is 1. The average Bonchev–Trinajstić information content (AvgIpc) is 3.25. The van der Waals surface area contributed by atoms with Crippen LogP contribution in [0.1, 0.15) is 42.5 Å². The van der Waals surface area contributed by atoms with E-state index in [0.29, 0.717) is 41.1 Å². The zero-order valence-corrected chi connectivity index (χ0v) is 23.4. The summed E-state index contributed by atoms with van der Waals surface area (Å²) >= 11 is 0. The van der Waals surface area contributed by atoms with E-state index < -0.39 is 33.8 Å². The third kappa shape index (κ3) is 5.29. The molecule has 0 radical (unpaired) electrons. The molecule has 3 aromatic rings. The quantitative estimate of drug-likeness (QED) is 0.199. The topological polar surface area (TPSA) is 148 Å². The monoisotopic (exact) mass is 599 g/mol. The summed E-state index contributed by atoms with van der Waals surface area (Å²) in [7, 11) is -1.49. The van der Waals surface area contributed by atoms with Gasteiger partial charge in [0.05, 0.1) is 35.6 Å². The van der Waals surface area contributed by atoms with Gasteiger partial charge in [-0.2, -0.15) is 21.6 Å². The number of ether oxygens (including phenoxy) is 1. The third-order valence-corrected chi connectivity index (χ3v) is 7.92. The molecule has 1 aromatic carbocycles. The molecule has 1 atom stereocenters. The van der Waals surface area contributed by atoms with Crippen molar-refractivity contribution >= 4 is 27.0 Å². The van der Waals surface area contributed by atoms with Gasteiger partial charge in [0.1, 0.15) is 12.4 Å². The molecule has 0 spiro atoms. The van der Waals surface area contributed by atoms with Gasteiger partial charge in [0.2, 0.25) is 0 Å². The number of esters is 1. The maximum absolute atomic E-state index is 13.2. The number of cyclic esters (lactones) is 1. The van der Waals surface area contributed by atoms with E-state index in [4.69, 9.17) is 9.72 Å². The van der Waals surface area contributed by atoms with Crippen LogP contribution in [0.25, 0.3) is 22.3 Å². The Hall–Kier alpha value is -3.53. The van der Waals surface area contributed by atoms with Crippen molar-refractivity contribution in [2.24, 2.45) is 0 Å². The largest absolute Gasteiger partial charge is 0.523 e. The highest BCUT2D eigenvalue weighted by atomic mass is 32.2. The maximum Gasteiger partial charge on any atom is 0.523 e. The first-order valence-electron chi connectivity index (χ1n) is 12.5. The highest BCUT2D eigenvalue weighted by molar-refractivity contribution is 7.87. The molecule has 2 aliphatic heterocycles. The summed E-state index contributed by atoms with van der Waals surface area (Å²) in [5.74, 6) is -0.532. The molecule has 2 N–H and O–H groups in total. The fourth-order valence-corrected chi connectivity index (χ4v) is 5.25. The second-order valence-electron chi connectivity index (χ2n) is 9.77. The first-order valence-corrected chi connectivity index (χ1v) is 13.9.